The number of hydrogen-bond acceptors (Lipinski definition) is 3. The summed E-state index contributed by atoms with van der Waals surface area (Å²) in [5.74, 6) is -0.218. The van der Waals surface area contributed by atoms with Gasteiger partial charge in [-0.2, -0.15) is 13.2 Å². The van der Waals surface area contributed by atoms with Gasteiger partial charge in [-0.15, -0.1) is 0 Å². The molecular formula is C13H24F3N3O. The van der Waals surface area contributed by atoms with Gasteiger partial charge in [-0.25, -0.2) is 0 Å². The maximum absolute atomic E-state index is 12.6. The Morgan fingerprint density at radius 1 is 1.25 bits per heavy atom. The van der Waals surface area contributed by atoms with Gasteiger partial charge in [-0.05, 0) is 19.8 Å². The molecule has 0 bridgehead atoms. The number of carbonyl (C=O) groups excluding carboxylic acids is 1. The molecule has 0 aromatic rings. The molecule has 2 N–H and O–H groups in total. The largest absolute Gasteiger partial charge is 0.401 e. The Kier molecular flexibility index (Phi) is 6.75. The van der Waals surface area contributed by atoms with E-state index in [1.165, 1.54) is 6.92 Å². The van der Waals surface area contributed by atoms with Crippen molar-refractivity contribution >= 4 is 5.91 Å². The van der Waals surface area contributed by atoms with Crippen molar-refractivity contribution in [3.8, 4) is 0 Å². The van der Waals surface area contributed by atoms with Gasteiger partial charge in [0.2, 0.25) is 5.91 Å². The van der Waals surface area contributed by atoms with Crippen LogP contribution in [-0.2, 0) is 4.79 Å². The first-order valence-corrected chi connectivity index (χ1v) is 7.15. The van der Waals surface area contributed by atoms with Crippen LogP contribution in [0.5, 0.6) is 0 Å². The van der Waals surface area contributed by atoms with Crippen LogP contribution in [0.15, 0.2) is 0 Å². The van der Waals surface area contributed by atoms with E-state index in [0.717, 1.165) is 30.6 Å². The fourth-order valence-corrected chi connectivity index (χ4v) is 2.52. The lowest BCUT2D eigenvalue weighted by Gasteiger charge is -2.32. The number of hydrogen-bond donors (Lipinski definition) is 1. The monoisotopic (exact) mass is 295 g/mol. The van der Waals surface area contributed by atoms with Gasteiger partial charge < -0.3 is 10.6 Å². The Labute approximate surface area is 118 Å². The van der Waals surface area contributed by atoms with Crippen LogP contribution in [0.3, 0.4) is 0 Å². The SMILES string of the molecule is CC(C(=O)N1CCCCCC1)N(CCN)CC(F)(F)F. The second-order valence-corrected chi connectivity index (χ2v) is 5.29. The second kappa shape index (κ2) is 7.83. The van der Waals surface area contributed by atoms with Crippen molar-refractivity contribution in [3.63, 3.8) is 0 Å². The minimum Gasteiger partial charge on any atom is -0.341 e. The summed E-state index contributed by atoms with van der Waals surface area (Å²) in [4.78, 5) is 15.1. The Balaban J connectivity index is 2.66. The number of rotatable bonds is 5. The highest BCUT2D eigenvalue weighted by Gasteiger charge is 2.35. The summed E-state index contributed by atoms with van der Waals surface area (Å²) in [5, 5.41) is 0. The molecule has 7 heteroatoms. The zero-order chi connectivity index (χ0) is 15.2. The number of nitrogens with two attached hydrogens (primary N) is 1. The molecule has 0 aliphatic carbocycles. The molecule has 1 aliphatic rings. The van der Waals surface area contributed by atoms with Crippen LogP contribution < -0.4 is 5.73 Å². The van der Waals surface area contributed by atoms with Crippen LogP contribution in [0.1, 0.15) is 32.6 Å². The zero-order valence-electron chi connectivity index (χ0n) is 12.0. The van der Waals surface area contributed by atoms with Crippen LogP contribution in [0.2, 0.25) is 0 Å². The van der Waals surface area contributed by atoms with Crippen LogP contribution in [0.4, 0.5) is 13.2 Å². The van der Waals surface area contributed by atoms with Gasteiger partial charge in [0, 0.05) is 26.2 Å². The van der Waals surface area contributed by atoms with E-state index in [9.17, 15) is 18.0 Å². The molecule has 4 nitrogen and oxygen atoms in total. The van der Waals surface area contributed by atoms with Crippen molar-refractivity contribution in [2.45, 2.75) is 44.8 Å². The zero-order valence-corrected chi connectivity index (χ0v) is 12.0. The molecule has 0 aromatic heterocycles. The predicted molar refractivity (Wildman–Crippen MR) is 71.2 cm³/mol. The molecule has 0 spiro atoms. The number of amides is 1. The molecule has 1 amide bonds. The first-order chi connectivity index (χ1) is 9.35. The molecule has 0 saturated carbocycles. The number of likely N-dealkylation sites (tertiary alicyclic amines) is 1. The van der Waals surface area contributed by atoms with Crippen LogP contribution in [0.25, 0.3) is 0 Å². The summed E-state index contributed by atoms with van der Waals surface area (Å²) < 4.78 is 37.7. The van der Waals surface area contributed by atoms with Crippen molar-refractivity contribution in [1.29, 1.82) is 0 Å². The fraction of sp³-hybridized carbons (Fsp3) is 0.923. The Morgan fingerprint density at radius 3 is 2.25 bits per heavy atom. The first kappa shape index (κ1) is 17.2. The summed E-state index contributed by atoms with van der Waals surface area (Å²) in [5.41, 5.74) is 5.36. The molecule has 1 rings (SSSR count). The third-order valence-corrected chi connectivity index (χ3v) is 3.62. The lowest BCUT2D eigenvalue weighted by molar-refractivity contribution is -0.157. The topological polar surface area (TPSA) is 49.6 Å². The lowest BCUT2D eigenvalue weighted by atomic mass is 10.2. The minimum absolute atomic E-state index is 0.0697. The molecule has 0 radical (unpaired) electrons. The minimum atomic E-state index is -4.32. The van der Waals surface area contributed by atoms with E-state index >= 15 is 0 Å². The summed E-state index contributed by atoms with van der Waals surface area (Å²) in [6.45, 7) is 1.91. The second-order valence-electron chi connectivity index (χ2n) is 5.29. The van der Waals surface area contributed by atoms with Crippen molar-refractivity contribution < 1.29 is 18.0 Å². The third-order valence-electron chi connectivity index (χ3n) is 3.62. The molecule has 118 valence electrons. The van der Waals surface area contributed by atoms with E-state index in [0.29, 0.717) is 13.1 Å². The number of nitrogens with zero attached hydrogens (tertiary/aromatic N) is 2. The van der Waals surface area contributed by atoms with E-state index in [-0.39, 0.29) is 19.0 Å². The average molecular weight is 295 g/mol. The quantitative estimate of drug-likeness (QED) is 0.838. The van der Waals surface area contributed by atoms with Crippen molar-refractivity contribution in [1.82, 2.24) is 9.80 Å². The Bertz CT molecular complexity index is 302. The highest BCUT2D eigenvalue weighted by Crippen LogP contribution is 2.19. The van der Waals surface area contributed by atoms with Gasteiger partial charge >= 0.3 is 6.18 Å². The molecule has 20 heavy (non-hydrogen) atoms. The number of halogens is 3. The van der Waals surface area contributed by atoms with E-state index < -0.39 is 18.8 Å². The highest BCUT2D eigenvalue weighted by atomic mass is 19.4. The maximum Gasteiger partial charge on any atom is 0.401 e. The van der Waals surface area contributed by atoms with Gasteiger partial charge in [0.05, 0.1) is 12.6 Å². The molecule has 1 atom stereocenters. The predicted octanol–water partition coefficient (Wildman–Crippen LogP) is 1.60. The summed E-state index contributed by atoms with van der Waals surface area (Å²) >= 11 is 0. The van der Waals surface area contributed by atoms with Gasteiger partial charge in [0.1, 0.15) is 0 Å². The molecule has 1 saturated heterocycles. The van der Waals surface area contributed by atoms with Gasteiger partial charge in [-0.3, -0.25) is 9.69 Å². The van der Waals surface area contributed by atoms with E-state index in [1.54, 1.807) is 4.90 Å². The number of alkyl halides is 3. The van der Waals surface area contributed by atoms with Crippen molar-refractivity contribution in [3.05, 3.63) is 0 Å². The first-order valence-electron chi connectivity index (χ1n) is 7.15. The van der Waals surface area contributed by atoms with E-state index in [2.05, 4.69) is 0 Å². The molecule has 1 unspecified atom stereocenters. The summed E-state index contributed by atoms with van der Waals surface area (Å²) in [6, 6.07) is -0.779. The van der Waals surface area contributed by atoms with Gasteiger partial charge in [-0.1, -0.05) is 12.8 Å². The normalized spacial score (nSPS) is 19.0. The standard InChI is InChI=1S/C13H24F3N3O/c1-11(19(9-6-17)10-13(14,15)16)12(20)18-7-4-2-3-5-8-18/h11H,2-10,17H2,1H3. The fourth-order valence-electron chi connectivity index (χ4n) is 2.52. The molecule has 1 aliphatic heterocycles. The van der Waals surface area contributed by atoms with E-state index in [4.69, 9.17) is 5.73 Å². The van der Waals surface area contributed by atoms with Crippen LogP contribution in [0, 0.1) is 0 Å². The lowest BCUT2D eigenvalue weighted by Crippen LogP contribution is -2.51. The highest BCUT2D eigenvalue weighted by molar-refractivity contribution is 5.81. The average Bonchev–Trinajstić information content (AvgIpc) is 2.63. The molecule has 0 aromatic carbocycles. The van der Waals surface area contributed by atoms with Crippen molar-refractivity contribution in [2.24, 2.45) is 5.73 Å². The molecular weight excluding hydrogens is 271 g/mol. The number of carbonyl (C=O) groups is 1. The Morgan fingerprint density at radius 2 is 1.80 bits per heavy atom. The summed E-state index contributed by atoms with van der Waals surface area (Å²) in [6.07, 6.45) is -0.313. The van der Waals surface area contributed by atoms with Gasteiger partial charge in [0.25, 0.3) is 0 Å². The molecule has 1 heterocycles. The summed E-state index contributed by atoms with van der Waals surface area (Å²) in [7, 11) is 0. The van der Waals surface area contributed by atoms with Crippen molar-refractivity contribution in [2.75, 3.05) is 32.7 Å². The van der Waals surface area contributed by atoms with Crippen LogP contribution >= 0.6 is 0 Å². The van der Waals surface area contributed by atoms with E-state index in [1.807, 2.05) is 0 Å². The Hall–Kier alpha value is -0.820. The smallest absolute Gasteiger partial charge is 0.341 e. The maximum atomic E-state index is 12.6. The van der Waals surface area contributed by atoms with Gasteiger partial charge in [0.15, 0.2) is 0 Å². The van der Waals surface area contributed by atoms with Crippen LogP contribution in [-0.4, -0.2) is 60.6 Å². The molecule has 1 fully saturated rings. The third kappa shape index (κ3) is 5.66.